The van der Waals surface area contributed by atoms with Crippen LogP contribution < -0.4 is 10.6 Å². The summed E-state index contributed by atoms with van der Waals surface area (Å²) in [6.45, 7) is 6.98. The number of hydrogen-bond donors (Lipinski definition) is 2. The number of urea groups is 1. The molecule has 26 heavy (non-hydrogen) atoms. The monoisotopic (exact) mass is 379 g/mol. The van der Waals surface area contributed by atoms with Gasteiger partial charge in [0.2, 0.25) is 11.8 Å². The summed E-state index contributed by atoms with van der Waals surface area (Å²) in [5, 5.41) is 15.1. The van der Waals surface area contributed by atoms with Gasteiger partial charge in [-0.2, -0.15) is 0 Å². The van der Waals surface area contributed by atoms with E-state index in [1.54, 1.807) is 0 Å². The van der Waals surface area contributed by atoms with Crippen molar-refractivity contribution in [3.05, 3.63) is 23.4 Å². The third-order valence-corrected chi connectivity index (χ3v) is 4.57. The minimum atomic E-state index is -0.474. The standard InChI is InChI=1S/C17H25N5O3S/c1-4-8-22(10-14(23)19-17(24)18-12(3)5-2)11-15-20-21-16(25-15)13-7-6-9-26-13/h6-7,9,12H,4-5,8,10-11H2,1-3H3,(H2,18,19,23,24)/t12-/m1/s1. The topological polar surface area (TPSA) is 100 Å². The lowest BCUT2D eigenvalue weighted by atomic mass is 10.3. The maximum absolute atomic E-state index is 12.1. The largest absolute Gasteiger partial charge is 0.419 e. The molecular formula is C17H25N5O3S. The number of nitrogens with zero attached hydrogens (tertiary/aromatic N) is 3. The van der Waals surface area contributed by atoms with Crippen LogP contribution in [0.3, 0.4) is 0 Å². The molecule has 0 radical (unpaired) electrons. The molecule has 0 aliphatic rings. The van der Waals surface area contributed by atoms with Crippen LogP contribution in [-0.2, 0) is 11.3 Å². The van der Waals surface area contributed by atoms with Gasteiger partial charge in [-0.1, -0.05) is 19.9 Å². The maximum Gasteiger partial charge on any atom is 0.321 e. The summed E-state index contributed by atoms with van der Waals surface area (Å²) < 4.78 is 5.67. The summed E-state index contributed by atoms with van der Waals surface area (Å²) in [4.78, 5) is 26.6. The molecule has 0 saturated carbocycles. The van der Waals surface area contributed by atoms with Crippen LogP contribution >= 0.6 is 11.3 Å². The number of amides is 3. The molecule has 0 unspecified atom stereocenters. The van der Waals surface area contributed by atoms with E-state index in [-0.39, 0.29) is 18.5 Å². The zero-order valence-corrected chi connectivity index (χ0v) is 16.1. The molecule has 8 nitrogen and oxygen atoms in total. The third-order valence-electron chi connectivity index (χ3n) is 3.71. The molecule has 0 fully saturated rings. The molecule has 0 bridgehead atoms. The third kappa shape index (κ3) is 6.23. The Morgan fingerprint density at radius 1 is 1.35 bits per heavy atom. The van der Waals surface area contributed by atoms with Crippen LogP contribution in [-0.4, -0.2) is 46.2 Å². The molecule has 0 saturated heterocycles. The van der Waals surface area contributed by atoms with Crippen LogP contribution in [0.15, 0.2) is 21.9 Å². The quantitative estimate of drug-likeness (QED) is 0.695. The highest BCUT2D eigenvalue weighted by molar-refractivity contribution is 7.13. The Morgan fingerprint density at radius 2 is 2.15 bits per heavy atom. The Morgan fingerprint density at radius 3 is 2.81 bits per heavy atom. The Bertz CT molecular complexity index is 701. The molecule has 3 amide bonds. The van der Waals surface area contributed by atoms with Crippen molar-refractivity contribution in [2.45, 2.75) is 46.2 Å². The summed E-state index contributed by atoms with van der Waals surface area (Å²) in [5.74, 6) is 0.555. The fourth-order valence-electron chi connectivity index (χ4n) is 2.27. The van der Waals surface area contributed by atoms with E-state index < -0.39 is 6.03 Å². The zero-order valence-electron chi connectivity index (χ0n) is 15.3. The Balaban J connectivity index is 1.90. The summed E-state index contributed by atoms with van der Waals surface area (Å²) >= 11 is 1.52. The minimum Gasteiger partial charge on any atom is -0.419 e. The smallest absolute Gasteiger partial charge is 0.321 e. The lowest BCUT2D eigenvalue weighted by molar-refractivity contribution is -0.121. The molecule has 1 atom stereocenters. The maximum atomic E-state index is 12.1. The zero-order chi connectivity index (χ0) is 18.9. The van der Waals surface area contributed by atoms with Gasteiger partial charge in [0.25, 0.3) is 5.89 Å². The van der Waals surface area contributed by atoms with Gasteiger partial charge in [0.05, 0.1) is 18.0 Å². The van der Waals surface area contributed by atoms with E-state index in [0.29, 0.717) is 24.9 Å². The average molecular weight is 379 g/mol. The SMILES string of the molecule is CCCN(CC(=O)NC(=O)N[C@H](C)CC)Cc1nnc(-c2cccs2)o1. The van der Waals surface area contributed by atoms with E-state index in [1.165, 1.54) is 11.3 Å². The highest BCUT2D eigenvalue weighted by Crippen LogP contribution is 2.23. The number of aromatic nitrogens is 2. The van der Waals surface area contributed by atoms with Crippen molar-refractivity contribution in [1.29, 1.82) is 0 Å². The lowest BCUT2D eigenvalue weighted by Gasteiger charge is -2.19. The number of carbonyl (C=O) groups excluding carboxylic acids is 2. The number of imide groups is 1. The molecule has 2 rings (SSSR count). The molecule has 142 valence electrons. The van der Waals surface area contributed by atoms with E-state index in [9.17, 15) is 9.59 Å². The Kier molecular flexibility index (Phi) is 7.73. The fourth-order valence-corrected chi connectivity index (χ4v) is 2.91. The van der Waals surface area contributed by atoms with Crippen molar-refractivity contribution < 1.29 is 14.0 Å². The molecule has 9 heteroatoms. The van der Waals surface area contributed by atoms with Gasteiger partial charge in [0.1, 0.15) is 0 Å². The van der Waals surface area contributed by atoms with Crippen molar-refractivity contribution in [2.75, 3.05) is 13.1 Å². The predicted octanol–water partition coefficient (Wildman–Crippen LogP) is 2.63. The van der Waals surface area contributed by atoms with Crippen molar-refractivity contribution in [2.24, 2.45) is 0 Å². The van der Waals surface area contributed by atoms with Gasteiger partial charge >= 0.3 is 6.03 Å². The fraction of sp³-hybridized carbons (Fsp3) is 0.529. The number of rotatable bonds is 9. The number of nitrogens with one attached hydrogen (secondary N) is 2. The first-order chi connectivity index (χ1) is 12.5. The average Bonchev–Trinajstić information content (AvgIpc) is 3.25. The lowest BCUT2D eigenvalue weighted by Crippen LogP contribution is -2.46. The summed E-state index contributed by atoms with van der Waals surface area (Å²) in [7, 11) is 0. The summed E-state index contributed by atoms with van der Waals surface area (Å²) in [6.07, 6.45) is 1.66. The summed E-state index contributed by atoms with van der Waals surface area (Å²) in [5.41, 5.74) is 0. The van der Waals surface area contributed by atoms with Gasteiger partial charge in [0.15, 0.2) is 0 Å². The molecule has 0 aliphatic heterocycles. The summed E-state index contributed by atoms with van der Waals surface area (Å²) in [6, 6.07) is 3.37. The van der Waals surface area contributed by atoms with E-state index in [4.69, 9.17) is 4.42 Å². The number of carbonyl (C=O) groups is 2. The molecule has 0 aromatic carbocycles. The van der Waals surface area contributed by atoms with E-state index in [2.05, 4.69) is 20.8 Å². The Labute approximate surface area is 157 Å². The van der Waals surface area contributed by atoms with Gasteiger partial charge in [-0.3, -0.25) is 15.0 Å². The van der Waals surface area contributed by atoms with Crippen LogP contribution in [0.1, 0.15) is 39.5 Å². The highest BCUT2D eigenvalue weighted by atomic mass is 32.1. The van der Waals surface area contributed by atoms with E-state index in [1.807, 2.05) is 43.2 Å². The van der Waals surface area contributed by atoms with Gasteiger partial charge in [-0.25, -0.2) is 4.79 Å². The van der Waals surface area contributed by atoms with Crippen molar-refractivity contribution in [3.63, 3.8) is 0 Å². The van der Waals surface area contributed by atoms with Crippen LogP contribution in [0.25, 0.3) is 10.8 Å². The molecule has 2 aromatic heterocycles. The minimum absolute atomic E-state index is 0.0172. The molecule has 2 heterocycles. The molecule has 0 spiro atoms. The first-order valence-electron chi connectivity index (χ1n) is 8.70. The first kappa shape index (κ1) is 20.1. The second-order valence-electron chi connectivity index (χ2n) is 6.02. The van der Waals surface area contributed by atoms with E-state index in [0.717, 1.165) is 17.7 Å². The van der Waals surface area contributed by atoms with E-state index >= 15 is 0 Å². The van der Waals surface area contributed by atoms with Gasteiger partial charge in [-0.05, 0) is 37.8 Å². The predicted molar refractivity (Wildman–Crippen MR) is 99.6 cm³/mol. The normalized spacial score (nSPS) is 12.2. The van der Waals surface area contributed by atoms with Crippen LogP contribution in [0.5, 0.6) is 0 Å². The van der Waals surface area contributed by atoms with Gasteiger partial charge in [0, 0.05) is 6.04 Å². The van der Waals surface area contributed by atoms with Crippen molar-refractivity contribution in [3.8, 4) is 10.8 Å². The van der Waals surface area contributed by atoms with Gasteiger partial charge in [-0.15, -0.1) is 21.5 Å². The van der Waals surface area contributed by atoms with Crippen LogP contribution in [0.2, 0.25) is 0 Å². The van der Waals surface area contributed by atoms with Crippen LogP contribution in [0, 0.1) is 0 Å². The van der Waals surface area contributed by atoms with Crippen LogP contribution in [0.4, 0.5) is 4.79 Å². The molecule has 2 N–H and O–H groups in total. The first-order valence-corrected chi connectivity index (χ1v) is 9.58. The second kappa shape index (κ2) is 10.0. The molecule has 2 aromatic rings. The number of hydrogen-bond acceptors (Lipinski definition) is 7. The Hall–Kier alpha value is -2.26. The molecule has 0 aliphatic carbocycles. The second-order valence-corrected chi connectivity index (χ2v) is 6.97. The molecular weight excluding hydrogens is 354 g/mol. The van der Waals surface area contributed by atoms with Gasteiger partial charge < -0.3 is 9.73 Å². The van der Waals surface area contributed by atoms with Crippen molar-refractivity contribution in [1.82, 2.24) is 25.7 Å². The highest BCUT2D eigenvalue weighted by Gasteiger charge is 2.17. The number of thiophene rings is 1. The van der Waals surface area contributed by atoms with Crippen molar-refractivity contribution >= 4 is 23.3 Å².